The molecule has 0 aliphatic heterocycles. The van der Waals surface area contributed by atoms with Crippen molar-refractivity contribution in [3.63, 3.8) is 0 Å². The minimum absolute atomic E-state index is 0.0411. The Morgan fingerprint density at radius 1 is 1.29 bits per heavy atom. The van der Waals surface area contributed by atoms with Crippen LogP contribution >= 0.6 is 23.1 Å². The standard InChI is InChI=1S/C16H16FN3O2S2/c1-9(14(22)11-3-5-12(17)6-4-11)23-16-19-18-15(24-16)20(10(2)21)13-7-8-13/h3-6,9,13H,7-8H2,1-2H3. The number of rotatable bonds is 6. The zero-order chi connectivity index (χ0) is 17.3. The number of halogens is 1. The first-order chi connectivity index (χ1) is 11.5. The van der Waals surface area contributed by atoms with Crippen molar-refractivity contribution in [2.24, 2.45) is 0 Å². The summed E-state index contributed by atoms with van der Waals surface area (Å²) < 4.78 is 13.6. The monoisotopic (exact) mass is 365 g/mol. The molecule has 1 atom stereocenters. The number of benzene rings is 1. The maximum atomic E-state index is 12.9. The number of amides is 1. The lowest BCUT2D eigenvalue weighted by molar-refractivity contribution is -0.116. The molecule has 1 saturated carbocycles. The first-order valence-corrected chi connectivity index (χ1v) is 9.25. The van der Waals surface area contributed by atoms with E-state index in [4.69, 9.17) is 0 Å². The third kappa shape index (κ3) is 3.81. The van der Waals surface area contributed by atoms with Gasteiger partial charge in [-0.3, -0.25) is 14.5 Å². The molecular formula is C16H16FN3O2S2. The summed E-state index contributed by atoms with van der Waals surface area (Å²) in [5, 5.41) is 8.38. The van der Waals surface area contributed by atoms with Gasteiger partial charge in [-0.25, -0.2) is 4.39 Å². The Morgan fingerprint density at radius 2 is 1.96 bits per heavy atom. The molecule has 0 bridgehead atoms. The average molecular weight is 365 g/mol. The first-order valence-electron chi connectivity index (χ1n) is 7.55. The normalized spacial score (nSPS) is 15.1. The largest absolute Gasteiger partial charge is 0.293 e. The van der Waals surface area contributed by atoms with Gasteiger partial charge in [-0.2, -0.15) is 0 Å². The Balaban J connectivity index is 1.68. The van der Waals surface area contributed by atoms with Crippen molar-refractivity contribution >= 4 is 39.9 Å². The van der Waals surface area contributed by atoms with E-state index in [0.717, 1.165) is 12.8 Å². The van der Waals surface area contributed by atoms with Gasteiger partial charge in [0.15, 0.2) is 10.1 Å². The van der Waals surface area contributed by atoms with Crippen molar-refractivity contribution in [3.05, 3.63) is 35.6 Å². The van der Waals surface area contributed by atoms with Crippen LogP contribution in [0.5, 0.6) is 0 Å². The van der Waals surface area contributed by atoms with Gasteiger partial charge in [-0.05, 0) is 44.0 Å². The topological polar surface area (TPSA) is 63.2 Å². The summed E-state index contributed by atoms with van der Waals surface area (Å²) in [7, 11) is 0. The van der Waals surface area contributed by atoms with E-state index in [0.29, 0.717) is 15.0 Å². The summed E-state index contributed by atoms with van der Waals surface area (Å²) in [6.45, 7) is 3.30. The zero-order valence-corrected chi connectivity index (χ0v) is 14.9. The smallest absolute Gasteiger partial charge is 0.225 e. The van der Waals surface area contributed by atoms with Crippen molar-refractivity contribution in [1.29, 1.82) is 0 Å². The van der Waals surface area contributed by atoms with Crippen LogP contribution in [0.3, 0.4) is 0 Å². The number of carbonyl (C=O) groups is 2. The molecular weight excluding hydrogens is 349 g/mol. The lowest BCUT2D eigenvalue weighted by Gasteiger charge is -2.15. The number of Topliss-reactive ketones (excluding diaryl/α,β-unsaturated/α-hetero) is 1. The van der Waals surface area contributed by atoms with Gasteiger partial charge in [-0.1, -0.05) is 23.1 Å². The molecule has 0 saturated heterocycles. The molecule has 3 rings (SSSR count). The first kappa shape index (κ1) is 17.0. The third-order valence-corrected chi connectivity index (χ3v) is 5.74. The van der Waals surface area contributed by atoms with Crippen LogP contribution in [0.2, 0.25) is 0 Å². The zero-order valence-electron chi connectivity index (χ0n) is 13.2. The van der Waals surface area contributed by atoms with E-state index in [2.05, 4.69) is 10.2 Å². The molecule has 0 N–H and O–H groups in total. The lowest BCUT2D eigenvalue weighted by atomic mass is 10.1. The molecule has 2 aromatic rings. The van der Waals surface area contributed by atoms with Crippen LogP contribution in [0.15, 0.2) is 28.6 Å². The number of anilines is 1. The molecule has 24 heavy (non-hydrogen) atoms. The van der Waals surface area contributed by atoms with Crippen LogP contribution in [0.4, 0.5) is 9.52 Å². The Labute approximate surface area is 147 Å². The highest BCUT2D eigenvalue weighted by Crippen LogP contribution is 2.37. The van der Waals surface area contributed by atoms with Gasteiger partial charge >= 0.3 is 0 Å². The van der Waals surface area contributed by atoms with Gasteiger partial charge in [0.05, 0.1) is 5.25 Å². The molecule has 8 heteroatoms. The van der Waals surface area contributed by atoms with E-state index in [-0.39, 0.29) is 28.8 Å². The summed E-state index contributed by atoms with van der Waals surface area (Å²) in [4.78, 5) is 25.8. The van der Waals surface area contributed by atoms with Gasteiger partial charge in [0.25, 0.3) is 0 Å². The van der Waals surface area contributed by atoms with Gasteiger partial charge < -0.3 is 0 Å². The lowest BCUT2D eigenvalue weighted by Crippen LogP contribution is -2.30. The van der Waals surface area contributed by atoms with Gasteiger partial charge in [-0.15, -0.1) is 10.2 Å². The van der Waals surface area contributed by atoms with Gasteiger partial charge in [0, 0.05) is 18.5 Å². The van der Waals surface area contributed by atoms with E-state index >= 15 is 0 Å². The fourth-order valence-corrected chi connectivity index (χ4v) is 4.46. The summed E-state index contributed by atoms with van der Waals surface area (Å²) in [5.74, 6) is -0.506. The van der Waals surface area contributed by atoms with E-state index in [1.54, 1.807) is 11.8 Å². The second-order valence-corrected chi connectivity index (χ2v) is 8.15. The number of hydrogen-bond donors (Lipinski definition) is 0. The maximum Gasteiger partial charge on any atom is 0.225 e. The number of aromatic nitrogens is 2. The van der Waals surface area contributed by atoms with Gasteiger partial charge in [0.1, 0.15) is 5.82 Å². The third-order valence-electron chi connectivity index (χ3n) is 3.63. The minimum Gasteiger partial charge on any atom is -0.293 e. The summed E-state index contributed by atoms with van der Waals surface area (Å²) in [6.07, 6.45) is 1.97. The number of carbonyl (C=O) groups excluding carboxylic acids is 2. The van der Waals surface area contributed by atoms with Crippen molar-refractivity contribution in [2.75, 3.05) is 4.90 Å². The van der Waals surface area contributed by atoms with Crippen molar-refractivity contribution < 1.29 is 14.0 Å². The van der Waals surface area contributed by atoms with Gasteiger partial charge in [0.2, 0.25) is 11.0 Å². The highest BCUT2D eigenvalue weighted by Gasteiger charge is 2.34. The molecule has 1 aromatic carbocycles. The molecule has 1 aliphatic carbocycles. The van der Waals surface area contributed by atoms with Crippen molar-refractivity contribution in [1.82, 2.24) is 10.2 Å². The maximum absolute atomic E-state index is 12.9. The second kappa shape index (κ2) is 6.98. The van der Waals surface area contributed by atoms with E-state index in [1.165, 1.54) is 54.3 Å². The quantitative estimate of drug-likeness (QED) is 0.445. The molecule has 1 unspecified atom stereocenters. The minimum atomic E-state index is -0.372. The predicted octanol–water partition coefficient (Wildman–Crippen LogP) is 3.56. The number of ketones is 1. The van der Waals surface area contributed by atoms with E-state index < -0.39 is 0 Å². The van der Waals surface area contributed by atoms with Crippen LogP contribution in [0.25, 0.3) is 0 Å². The Bertz CT molecular complexity index is 759. The van der Waals surface area contributed by atoms with E-state index in [1.807, 2.05) is 0 Å². The average Bonchev–Trinajstić information content (AvgIpc) is 3.26. The Morgan fingerprint density at radius 3 is 2.54 bits per heavy atom. The highest BCUT2D eigenvalue weighted by molar-refractivity contribution is 8.02. The second-order valence-electron chi connectivity index (χ2n) is 5.60. The van der Waals surface area contributed by atoms with Crippen LogP contribution < -0.4 is 4.90 Å². The van der Waals surface area contributed by atoms with Crippen molar-refractivity contribution in [2.45, 2.75) is 42.3 Å². The SMILES string of the molecule is CC(=O)N(c1nnc(SC(C)C(=O)c2ccc(F)cc2)s1)C1CC1. The number of thioether (sulfide) groups is 1. The predicted molar refractivity (Wildman–Crippen MR) is 92.1 cm³/mol. The molecule has 1 fully saturated rings. The van der Waals surface area contributed by atoms with Crippen LogP contribution in [0.1, 0.15) is 37.0 Å². The van der Waals surface area contributed by atoms with Crippen molar-refractivity contribution in [3.8, 4) is 0 Å². The van der Waals surface area contributed by atoms with Crippen LogP contribution in [-0.2, 0) is 4.79 Å². The molecule has 1 amide bonds. The molecule has 0 radical (unpaired) electrons. The molecule has 1 aliphatic rings. The molecule has 5 nitrogen and oxygen atoms in total. The fraction of sp³-hybridized carbons (Fsp3) is 0.375. The fourth-order valence-electron chi connectivity index (χ4n) is 2.28. The number of nitrogens with zero attached hydrogens (tertiary/aromatic N) is 3. The molecule has 1 heterocycles. The molecule has 0 spiro atoms. The molecule has 1 aromatic heterocycles. The Hall–Kier alpha value is -1.80. The summed E-state index contributed by atoms with van der Waals surface area (Å²) >= 11 is 2.61. The summed E-state index contributed by atoms with van der Waals surface area (Å²) in [5.41, 5.74) is 0.462. The molecule has 126 valence electrons. The van der Waals surface area contributed by atoms with E-state index in [9.17, 15) is 14.0 Å². The summed E-state index contributed by atoms with van der Waals surface area (Å²) in [6, 6.07) is 5.73. The highest BCUT2D eigenvalue weighted by atomic mass is 32.2. The Kier molecular flexibility index (Phi) is 4.96. The van der Waals surface area contributed by atoms with Crippen LogP contribution in [-0.4, -0.2) is 33.2 Å². The number of hydrogen-bond acceptors (Lipinski definition) is 6. The van der Waals surface area contributed by atoms with Crippen LogP contribution in [0, 0.1) is 5.82 Å².